The quantitative estimate of drug-likeness (QED) is 0.260. The van der Waals surface area contributed by atoms with Crippen LogP contribution in [0.4, 0.5) is 0 Å². The maximum Gasteiger partial charge on any atom is 0.330 e. The van der Waals surface area contributed by atoms with E-state index in [2.05, 4.69) is 13.2 Å². The van der Waals surface area contributed by atoms with Gasteiger partial charge in [0.1, 0.15) is 18.5 Å². The van der Waals surface area contributed by atoms with Crippen molar-refractivity contribution < 1.29 is 28.5 Å². The average Bonchev–Trinajstić information content (AvgIpc) is 2.97. The second kappa shape index (κ2) is 8.05. The first-order chi connectivity index (χ1) is 13.1. The Morgan fingerprint density at radius 1 is 1.29 bits per heavy atom. The summed E-state index contributed by atoms with van der Waals surface area (Å²) < 4.78 is 23.0. The van der Waals surface area contributed by atoms with Gasteiger partial charge in [-0.15, -0.1) is 6.58 Å². The summed E-state index contributed by atoms with van der Waals surface area (Å²) in [6.07, 6.45) is 5.67. The molecule has 2 atom stereocenters. The van der Waals surface area contributed by atoms with Gasteiger partial charge in [0.15, 0.2) is 0 Å². The van der Waals surface area contributed by atoms with Gasteiger partial charge in [0.2, 0.25) is 5.78 Å². The molecule has 1 heterocycles. The minimum Gasteiger partial charge on any atom is -0.488 e. The van der Waals surface area contributed by atoms with E-state index in [9.17, 15) is 9.59 Å². The van der Waals surface area contributed by atoms with E-state index >= 15 is 0 Å². The maximum absolute atomic E-state index is 13.6. The molecule has 0 unspecified atom stereocenters. The van der Waals surface area contributed by atoms with E-state index in [4.69, 9.17) is 18.9 Å². The summed E-state index contributed by atoms with van der Waals surface area (Å²) in [6, 6.07) is 0. The molecule has 0 amide bonds. The lowest BCUT2D eigenvalue weighted by atomic mass is 9.66. The molecule has 0 saturated heterocycles. The van der Waals surface area contributed by atoms with Gasteiger partial charge in [0, 0.05) is 24.7 Å². The lowest BCUT2D eigenvalue weighted by Crippen LogP contribution is -2.51. The monoisotopic (exact) mass is 390 g/mol. The molecule has 0 aromatic heterocycles. The topological polar surface area (TPSA) is 71.1 Å². The van der Waals surface area contributed by atoms with Gasteiger partial charge in [-0.25, -0.2) is 4.79 Å². The highest BCUT2D eigenvalue weighted by atomic mass is 16.7. The van der Waals surface area contributed by atoms with E-state index < -0.39 is 28.7 Å². The predicted molar refractivity (Wildman–Crippen MR) is 105 cm³/mol. The smallest absolute Gasteiger partial charge is 0.330 e. The van der Waals surface area contributed by atoms with Gasteiger partial charge in [-0.2, -0.15) is 0 Å². The fourth-order valence-electron chi connectivity index (χ4n) is 3.86. The molecule has 0 N–H and O–H groups in total. The maximum atomic E-state index is 13.6. The number of hydrogen-bond donors (Lipinski definition) is 0. The SMILES string of the molecule is C=CC(=O)OC[C@@]1(C)C2=C(C=CC(OCC)(OCC)C2=O)O[C@H]1C(C)(C)C=C. The van der Waals surface area contributed by atoms with Crippen LogP contribution in [0.5, 0.6) is 0 Å². The van der Waals surface area contributed by atoms with Crippen molar-refractivity contribution in [3.63, 3.8) is 0 Å². The zero-order chi connectivity index (χ0) is 21.2. The molecule has 1 aliphatic carbocycles. The molecule has 1 aliphatic heterocycles. The summed E-state index contributed by atoms with van der Waals surface area (Å²) in [5.74, 6) is -1.97. The summed E-state index contributed by atoms with van der Waals surface area (Å²) in [4.78, 5) is 25.3. The number of ether oxygens (including phenoxy) is 4. The van der Waals surface area contributed by atoms with Gasteiger partial charge in [0.25, 0.3) is 5.79 Å². The molecule has 154 valence electrons. The number of allylic oxidation sites excluding steroid dienone is 1. The highest BCUT2D eigenvalue weighted by molar-refractivity contribution is 6.06. The van der Waals surface area contributed by atoms with Gasteiger partial charge in [-0.1, -0.05) is 26.5 Å². The number of carbonyl (C=O) groups is 2. The normalized spacial score (nSPS) is 25.9. The Morgan fingerprint density at radius 3 is 2.39 bits per heavy atom. The molecule has 0 aromatic rings. The summed E-state index contributed by atoms with van der Waals surface area (Å²) >= 11 is 0. The highest BCUT2D eigenvalue weighted by Crippen LogP contribution is 2.53. The second-order valence-electron chi connectivity index (χ2n) is 7.69. The lowest BCUT2D eigenvalue weighted by molar-refractivity contribution is -0.200. The first-order valence-electron chi connectivity index (χ1n) is 9.48. The predicted octanol–water partition coefficient (Wildman–Crippen LogP) is 3.50. The van der Waals surface area contributed by atoms with Crippen LogP contribution in [0.2, 0.25) is 0 Å². The summed E-state index contributed by atoms with van der Waals surface area (Å²) in [5.41, 5.74) is -1.03. The van der Waals surface area contributed by atoms with Crippen molar-refractivity contribution in [3.8, 4) is 0 Å². The number of Topliss-reactive ketones (excluding diaryl/α,β-unsaturated/α-hetero) is 1. The molecule has 0 fully saturated rings. The Balaban J connectivity index is 2.55. The molecule has 2 aliphatic rings. The van der Waals surface area contributed by atoms with Crippen LogP contribution in [0.15, 0.2) is 48.8 Å². The molecule has 0 bridgehead atoms. The molecule has 6 heteroatoms. The standard InChI is InChI=1S/C22H30O6/c1-8-16(23)25-14-21(7)17-15(28-19(21)20(5,6)9-2)12-13-22(18(17)24,26-10-3)27-11-4/h8-9,12-13,19H,1-2,10-11,14H2,3-7H3/t19-,21-/m0/s1. The van der Waals surface area contributed by atoms with E-state index in [1.54, 1.807) is 32.1 Å². The molecular weight excluding hydrogens is 360 g/mol. The molecule has 2 rings (SSSR count). The number of ketones is 1. The molecular formula is C22H30O6. The van der Waals surface area contributed by atoms with E-state index in [0.29, 0.717) is 24.5 Å². The first-order valence-corrected chi connectivity index (χ1v) is 9.48. The van der Waals surface area contributed by atoms with Crippen LogP contribution >= 0.6 is 0 Å². The van der Waals surface area contributed by atoms with Crippen molar-refractivity contribution in [1.29, 1.82) is 0 Å². The summed E-state index contributed by atoms with van der Waals surface area (Å²) in [5, 5.41) is 0. The lowest BCUT2D eigenvalue weighted by Gasteiger charge is -2.40. The van der Waals surface area contributed by atoms with Crippen molar-refractivity contribution >= 4 is 11.8 Å². The third kappa shape index (κ3) is 3.59. The molecule has 0 radical (unpaired) electrons. The number of hydrogen-bond acceptors (Lipinski definition) is 6. The molecule has 6 nitrogen and oxygen atoms in total. The van der Waals surface area contributed by atoms with Crippen LogP contribution in [-0.2, 0) is 28.5 Å². The van der Waals surface area contributed by atoms with Gasteiger partial charge in [-0.05, 0) is 32.9 Å². The first kappa shape index (κ1) is 22.1. The minimum atomic E-state index is -1.51. The third-order valence-electron chi connectivity index (χ3n) is 5.24. The zero-order valence-electron chi connectivity index (χ0n) is 17.4. The fraction of sp³-hybridized carbons (Fsp3) is 0.545. The van der Waals surface area contributed by atoms with Gasteiger partial charge in [-0.3, -0.25) is 4.79 Å². The summed E-state index contributed by atoms with van der Waals surface area (Å²) in [6.45, 7) is 17.2. The van der Waals surface area contributed by atoms with Crippen LogP contribution in [0.25, 0.3) is 0 Å². The van der Waals surface area contributed by atoms with Crippen LogP contribution in [-0.4, -0.2) is 43.5 Å². The molecule has 0 saturated carbocycles. The highest BCUT2D eigenvalue weighted by Gasteiger charge is 2.60. The Kier molecular flexibility index (Phi) is 6.36. The number of carbonyl (C=O) groups excluding carboxylic acids is 2. The molecule has 28 heavy (non-hydrogen) atoms. The van der Waals surface area contributed by atoms with Crippen LogP contribution in [0.1, 0.15) is 34.6 Å². The largest absolute Gasteiger partial charge is 0.488 e. The van der Waals surface area contributed by atoms with Crippen molar-refractivity contribution in [2.45, 2.75) is 46.5 Å². The third-order valence-corrected chi connectivity index (χ3v) is 5.24. The minimum absolute atomic E-state index is 0.0491. The van der Waals surface area contributed by atoms with Crippen LogP contribution < -0.4 is 0 Å². The van der Waals surface area contributed by atoms with E-state index in [1.807, 2.05) is 20.8 Å². The van der Waals surface area contributed by atoms with Crippen molar-refractivity contribution in [2.75, 3.05) is 19.8 Å². The summed E-state index contributed by atoms with van der Waals surface area (Å²) in [7, 11) is 0. The van der Waals surface area contributed by atoms with Gasteiger partial charge >= 0.3 is 5.97 Å². The Hall–Kier alpha value is -2.18. The van der Waals surface area contributed by atoms with Crippen molar-refractivity contribution in [2.24, 2.45) is 10.8 Å². The number of rotatable bonds is 9. The van der Waals surface area contributed by atoms with Crippen LogP contribution in [0.3, 0.4) is 0 Å². The van der Waals surface area contributed by atoms with Crippen LogP contribution in [0, 0.1) is 10.8 Å². The van der Waals surface area contributed by atoms with E-state index in [1.165, 1.54) is 0 Å². The van der Waals surface area contributed by atoms with Gasteiger partial charge in [0.05, 0.1) is 11.0 Å². The van der Waals surface area contributed by atoms with Crippen molar-refractivity contribution in [3.05, 3.63) is 48.8 Å². The Bertz CT molecular complexity index is 723. The Labute approximate surface area is 166 Å². The molecule has 0 spiro atoms. The average molecular weight is 390 g/mol. The second-order valence-corrected chi connectivity index (χ2v) is 7.69. The Morgan fingerprint density at radius 2 is 1.89 bits per heavy atom. The molecule has 0 aromatic carbocycles. The van der Waals surface area contributed by atoms with E-state index in [0.717, 1.165) is 6.08 Å². The van der Waals surface area contributed by atoms with E-state index in [-0.39, 0.29) is 12.4 Å². The number of esters is 1. The fourth-order valence-corrected chi connectivity index (χ4v) is 3.86. The van der Waals surface area contributed by atoms with Gasteiger partial charge < -0.3 is 18.9 Å². The van der Waals surface area contributed by atoms with Crippen molar-refractivity contribution in [1.82, 2.24) is 0 Å². The zero-order valence-corrected chi connectivity index (χ0v) is 17.4.